The minimum Gasteiger partial charge on any atom is -0.352 e. The Bertz CT molecular complexity index is 1220. The first-order valence-electron chi connectivity index (χ1n) is 11.0. The van der Waals surface area contributed by atoms with Crippen LogP contribution in [-0.2, 0) is 30.5 Å². The summed E-state index contributed by atoms with van der Waals surface area (Å²) < 4.78 is 41.0. The van der Waals surface area contributed by atoms with E-state index >= 15 is 0 Å². The van der Waals surface area contributed by atoms with Gasteiger partial charge in [-0.05, 0) is 53.8 Å². The third kappa shape index (κ3) is 5.76. The van der Waals surface area contributed by atoms with Gasteiger partial charge in [-0.15, -0.1) is 0 Å². The second kappa shape index (κ2) is 10.1. The monoisotopic (exact) mass is 483 g/mol. The van der Waals surface area contributed by atoms with E-state index in [0.29, 0.717) is 31.7 Å². The molecule has 0 spiro atoms. The van der Waals surface area contributed by atoms with E-state index in [1.54, 1.807) is 4.68 Å². The number of nitrogens with one attached hydrogen (secondary N) is 1. The molecule has 4 rings (SSSR count). The quantitative estimate of drug-likeness (QED) is 0.368. The molecule has 0 aliphatic carbocycles. The predicted molar refractivity (Wildman–Crippen MR) is 126 cm³/mol. The summed E-state index contributed by atoms with van der Waals surface area (Å²) in [6, 6.07) is 12.5. The molecule has 1 N–H and O–H groups in total. The molecule has 182 valence electrons. The van der Waals surface area contributed by atoms with Crippen molar-refractivity contribution in [3.05, 3.63) is 94.7 Å². The molecule has 1 aromatic heterocycles. The normalized spacial score (nSPS) is 15.4. The van der Waals surface area contributed by atoms with Crippen molar-refractivity contribution in [3.63, 3.8) is 0 Å². The Kier molecular flexibility index (Phi) is 6.99. The van der Waals surface area contributed by atoms with Crippen molar-refractivity contribution < 1.29 is 18.0 Å². The number of halogens is 3. The Morgan fingerprint density at radius 1 is 1.20 bits per heavy atom. The summed E-state index contributed by atoms with van der Waals surface area (Å²) in [5.41, 5.74) is 3.24. The van der Waals surface area contributed by atoms with Gasteiger partial charge < -0.3 is 10.2 Å². The molecule has 35 heavy (non-hydrogen) atoms. The van der Waals surface area contributed by atoms with Crippen molar-refractivity contribution in [2.24, 2.45) is 11.1 Å². The summed E-state index contributed by atoms with van der Waals surface area (Å²) in [7, 11) is 0. The molecule has 10 heteroatoms. The van der Waals surface area contributed by atoms with Gasteiger partial charge in [-0.3, -0.25) is 9.48 Å². The van der Waals surface area contributed by atoms with E-state index in [-0.39, 0.29) is 18.4 Å². The first kappa shape index (κ1) is 24.2. The van der Waals surface area contributed by atoms with Crippen molar-refractivity contribution in [1.29, 1.82) is 0 Å². The Morgan fingerprint density at radius 2 is 1.94 bits per heavy atom. The number of fused-ring (bicyclic) bond motifs is 1. The van der Waals surface area contributed by atoms with Crippen LogP contribution in [0.3, 0.4) is 0 Å². The second-order valence-corrected chi connectivity index (χ2v) is 8.44. The largest absolute Gasteiger partial charge is 0.416 e. The van der Waals surface area contributed by atoms with Gasteiger partial charge in [0.15, 0.2) is 0 Å². The zero-order chi connectivity index (χ0) is 25.0. The van der Waals surface area contributed by atoms with Gasteiger partial charge in [-0.25, -0.2) is 0 Å². The first-order chi connectivity index (χ1) is 16.8. The van der Waals surface area contributed by atoms with Gasteiger partial charge in [0.05, 0.1) is 23.5 Å². The highest BCUT2D eigenvalue weighted by Crippen LogP contribution is 2.37. The van der Waals surface area contributed by atoms with Gasteiger partial charge in [-0.2, -0.15) is 23.2 Å². The van der Waals surface area contributed by atoms with E-state index in [1.165, 1.54) is 18.2 Å². The van der Waals surface area contributed by atoms with Crippen LogP contribution in [0.1, 0.15) is 22.4 Å². The molecule has 0 fully saturated rings. The maximum absolute atomic E-state index is 13.1. The highest BCUT2D eigenvalue weighted by molar-refractivity contribution is 5.86. The van der Waals surface area contributed by atoms with Crippen molar-refractivity contribution in [1.82, 2.24) is 15.1 Å². The topological polar surface area (TPSA) is 79.6 Å². The zero-order valence-corrected chi connectivity index (χ0v) is 18.8. The lowest BCUT2D eigenvalue weighted by Crippen LogP contribution is -2.38. The van der Waals surface area contributed by atoms with Crippen LogP contribution >= 0.6 is 0 Å². The molecule has 1 amide bonds. The van der Waals surface area contributed by atoms with Gasteiger partial charge in [0.1, 0.15) is 6.54 Å². The molecule has 0 saturated carbocycles. The summed E-state index contributed by atoms with van der Waals surface area (Å²) >= 11 is 0. The van der Waals surface area contributed by atoms with Crippen LogP contribution in [0.2, 0.25) is 0 Å². The SMILES string of the molecule is C=CC(=O)NCC1Cc2nn(Cc3cccc(CN=O)c3)cc2N(c2ccc(C(F)(F)F)cc2)C1. The molecule has 0 radical (unpaired) electrons. The predicted octanol–water partition coefficient (Wildman–Crippen LogP) is 4.83. The fourth-order valence-electron chi connectivity index (χ4n) is 4.21. The third-order valence-corrected chi connectivity index (χ3v) is 5.87. The van der Waals surface area contributed by atoms with Gasteiger partial charge in [-0.1, -0.05) is 36.0 Å². The van der Waals surface area contributed by atoms with Gasteiger partial charge >= 0.3 is 6.18 Å². The molecule has 0 saturated heterocycles. The number of alkyl halides is 3. The number of nitroso groups, excluding NO2 is 1. The molecule has 1 aliphatic rings. The summed E-state index contributed by atoms with van der Waals surface area (Å²) in [5, 5.41) is 10.5. The number of hydrogen-bond donors (Lipinski definition) is 1. The molecule has 1 atom stereocenters. The molecule has 2 heterocycles. The number of rotatable bonds is 8. The van der Waals surface area contributed by atoms with Crippen LogP contribution in [0.15, 0.2) is 72.6 Å². The van der Waals surface area contributed by atoms with Gasteiger partial charge in [0.2, 0.25) is 5.91 Å². The van der Waals surface area contributed by atoms with Crippen LogP contribution in [0, 0.1) is 10.8 Å². The standard InChI is InChI=1S/C25H24F3N5O2/c1-2-24(34)29-12-19-11-22-23(33(15-19)21-8-6-20(7-9-21)25(26,27)28)16-32(31-22)14-18-5-3-4-17(10-18)13-30-35/h2-10,16,19H,1,11-15H2,(H,29,34). The Balaban J connectivity index is 1.63. The molecular formula is C25H24F3N5O2. The molecule has 1 aliphatic heterocycles. The molecule has 2 aromatic carbocycles. The zero-order valence-electron chi connectivity index (χ0n) is 18.8. The molecular weight excluding hydrogens is 459 g/mol. The average Bonchev–Trinajstić information content (AvgIpc) is 3.24. The van der Waals surface area contributed by atoms with Crippen molar-refractivity contribution >= 4 is 17.3 Å². The number of hydrogen-bond acceptors (Lipinski definition) is 5. The van der Waals surface area contributed by atoms with Crippen LogP contribution in [0.25, 0.3) is 0 Å². The van der Waals surface area contributed by atoms with Gasteiger partial charge in [0, 0.05) is 25.0 Å². The van der Waals surface area contributed by atoms with E-state index < -0.39 is 11.7 Å². The van der Waals surface area contributed by atoms with E-state index in [1.807, 2.05) is 35.4 Å². The number of nitrogens with zero attached hydrogens (tertiary/aromatic N) is 4. The van der Waals surface area contributed by atoms with Gasteiger partial charge in [0.25, 0.3) is 0 Å². The minimum atomic E-state index is -4.41. The van der Waals surface area contributed by atoms with Crippen molar-refractivity contribution in [2.75, 3.05) is 18.0 Å². The molecule has 7 nitrogen and oxygen atoms in total. The van der Waals surface area contributed by atoms with E-state index in [2.05, 4.69) is 17.1 Å². The number of benzene rings is 2. The number of carbonyl (C=O) groups excluding carboxylic acids is 1. The number of aromatic nitrogens is 2. The van der Waals surface area contributed by atoms with E-state index in [9.17, 15) is 22.9 Å². The number of amides is 1. The average molecular weight is 483 g/mol. The van der Waals surface area contributed by atoms with Crippen LogP contribution in [-0.4, -0.2) is 28.8 Å². The maximum atomic E-state index is 13.1. The van der Waals surface area contributed by atoms with Crippen molar-refractivity contribution in [2.45, 2.75) is 25.7 Å². The Labute approximate surface area is 200 Å². The van der Waals surface area contributed by atoms with Crippen LogP contribution < -0.4 is 10.2 Å². The van der Waals surface area contributed by atoms with Crippen molar-refractivity contribution in [3.8, 4) is 0 Å². The molecule has 3 aromatic rings. The molecule has 1 unspecified atom stereocenters. The van der Waals surface area contributed by atoms with E-state index in [0.717, 1.165) is 34.6 Å². The fourth-order valence-corrected chi connectivity index (χ4v) is 4.21. The highest BCUT2D eigenvalue weighted by atomic mass is 19.4. The lowest BCUT2D eigenvalue weighted by molar-refractivity contribution is -0.137. The Hall–Kier alpha value is -3.95. The number of anilines is 2. The summed E-state index contributed by atoms with van der Waals surface area (Å²) in [6.07, 6.45) is -0.741. The minimum absolute atomic E-state index is 0.000892. The van der Waals surface area contributed by atoms with Crippen LogP contribution in [0.5, 0.6) is 0 Å². The summed E-state index contributed by atoms with van der Waals surface area (Å²) in [5.74, 6) is -0.286. The lowest BCUT2D eigenvalue weighted by atomic mass is 9.96. The number of carbonyl (C=O) groups is 1. The third-order valence-electron chi connectivity index (χ3n) is 5.87. The second-order valence-electron chi connectivity index (χ2n) is 8.44. The summed E-state index contributed by atoms with van der Waals surface area (Å²) in [4.78, 5) is 24.2. The highest BCUT2D eigenvalue weighted by Gasteiger charge is 2.32. The first-order valence-corrected chi connectivity index (χ1v) is 11.0. The molecule has 0 bridgehead atoms. The Morgan fingerprint density at radius 3 is 2.63 bits per heavy atom. The maximum Gasteiger partial charge on any atom is 0.416 e. The fraction of sp³-hybridized carbons (Fsp3) is 0.280. The smallest absolute Gasteiger partial charge is 0.352 e. The summed E-state index contributed by atoms with van der Waals surface area (Å²) in [6.45, 7) is 4.89. The van der Waals surface area contributed by atoms with E-state index in [4.69, 9.17) is 5.10 Å². The van der Waals surface area contributed by atoms with Crippen LogP contribution in [0.4, 0.5) is 24.5 Å². The lowest BCUT2D eigenvalue weighted by Gasteiger charge is -2.33.